The zero-order chi connectivity index (χ0) is 15.1. The lowest BCUT2D eigenvalue weighted by atomic mass is 10.1. The quantitative estimate of drug-likeness (QED) is 0.483. The summed E-state index contributed by atoms with van der Waals surface area (Å²) < 4.78 is 38.3. The number of rotatable bonds is 2. The van der Waals surface area contributed by atoms with Crippen molar-refractivity contribution in [3.8, 4) is 0 Å². The topological polar surface area (TPSA) is 77.4 Å². The van der Waals surface area contributed by atoms with E-state index in [0.29, 0.717) is 0 Å². The number of H-pyrrole nitrogens is 1. The number of aromatic amines is 1. The summed E-state index contributed by atoms with van der Waals surface area (Å²) in [5.41, 5.74) is 6.99. The molecule has 0 saturated heterocycles. The van der Waals surface area contributed by atoms with E-state index in [1.807, 2.05) is 0 Å². The second-order valence-corrected chi connectivity index (χ2v) is 5.09. The molecular formula is C11H9ClF3N5. The van der Waals surface area contributed by atoms with E-state index in [1.54, 1.807) is 13.8 Å². The first-order chi connectivity index (χ1) is 9.15. The second-order valence-electron chi connectivity index (χ2n) is 4.68. The van der Waals surface area contributed by atoms with Gasteiger partial charge in [-0.3, -0.25) is 0 Å². The first-order valence-electron chi connectivity index (χ1n) is 5.48. The maximum absolute atomic E-state index is 12.8. The molecule has 0 bridgehead atoms. The molecule has 9 heteroatoms. The summed E-state index contributed by atoms with van der Waals surface area (Å²) in [6, 6.07) is 2.02. The Labute approximate surface area is 116 Å². The lowest BCUT2D eigenvalue weighted by Gasteiger charge is -2.13. The van der Waals surface area contributed by atoms with Crippen molar-refractivity contribution in [2.75, 3.05) is 0 Å². The van der Waals surface area contributed by atoms with Gasteiger partial charge in [-0.15, -0.1) is 0 Å². The van der Waals surface area contributed by atoms with Gasteiger partial charge in [0.15, 0.2) is 0 Å². The zero-order valence-electron chi connectivity index (χ0n) is 10.5. The fraction of sp³-hybridized carbons (Fsp3) is 0.364. The summed E-state index contributed by atoms with van der Waals surface area (Å²) >= 11 is 5.62. The molecule has 0 aliphatic carbocycles. The molecule has 1 N–H and O–H groups in total. The predicted molar refractivity (Wildman–Crippen MR) is 68.3 cm³/mol. The van der Waals surface area contributed by atoms with Crippen molar-refractivity contribution in [3.05, 3.63) is 39.0 Å². The Hall–Kier alpha value is -1.92. The van der Waals surface area contributed by atoms with Crippen LogP contribution in [0, 0.1) is 0 Å². The van der Waals surface area contributed by atoms with Crippen LogP contribution in [0.15, 0.2) is 17.2 Å². The first kappa shape index (κ1) is 14.5. The number of fused-ring (bicyclic) bond motifs is 1. The van der Waals surface area contributed by atoms with Gasteiger partial charge in [-0.05, 0) is 31.5 Å². The van der Waals surface area contributed by atoms with Gasteiger partial charge in [0, 0.05) is 4.91 Å². The Morgan fingerprint density at radius 2 is 2.00 bits per heavy atom. The SMILES string of the molecule is CC(C)(N=[N+]=[N-])c1nc2cc(Cl)c(C(F)(F)F)cc2[nH]1. The van der Waals surface area contributed by atoms with Crippen molar-refractivity contribution in [3.63, 3.8) is 0 Å². The highest BCUT2D eigenvalue weighted by Gasteiger charge is 2.34. The minimum Gasteiger partial charge on any atom is -0.341 e. The normalized spacial score (nSPS) is 12.5. The number of imidazole rings is 1. The molecule has 0 atom stereocenters. The molecule has 20 heavy (non-hydrogen) atoms. The predicted octanol–water partition coefficient (Wildman–Crippen LogP) is 4.78. The van der Waals surface area contributed by atoms with E-state index in [2.05, 4.69) is 20.0 Å². The molecule has 2 rings (SSSR count). The van der Waals surface area contributed by atoms with Crippen molar-refractivity contribution in [1.82, 2.24) is 9.97 Å². The zero-order valence-corrected chi connectivity index (χ0v) is 11.2. The summed E-state index contributed by atoms with van der Waals surface area (Å²) in [6.07, 6.45) is -4.54. The maximum atomic E-state index is 12.8. The van der Waals surface area contributed by atoms with Crippen molar-refractivity contribution in [1.29, 1.82) is 0 Å². The Morgan fingerprint density at radius 3 is 2.55 bits per heavy atom. The number of aromatic nitrogens is 2. The van der Waals surface area contributed by atoms with Gasteiger partial charge in [-0.1, -0.05) is 16.7 Å². The first-order valence-corrected chi connectivity index (χ1v) is 5.86. The summed E-state index contributed by atoms with van der Waals surface area (Å²) in [5.74, 6) is 0.265. The molecule has 0 aliphatic heterocycles. The number of alkyl halides is 3. The third-order valence-corrected chi connectivity index (χ3v) is 3.06. The number of hydrogen-bond donors (Lipinski definition) is 1. The molecule has 1 aromatic heterocycles. The molecular weight excluding hydrogens is 295 g/mol. The van der Waals surface area contributed by atoms with Gasteiger partial charge in [-0.25, -0.2) is 4.98 Å². The van der Waals surface area contributed by atoms with Crippen LogP contribution in [0.25, 0.3) is 21.5 Å². The molecule has 0 spiro atoms. The van der Waals surface area contributed by atoms with Crippen LogP contribution in [0.1, 0.15) is 25.2 Å². The van der Waals surface area contributed by atoms with Gasteiger partial charge < -0.3 is 4.98 Å². The fourth-order valence-electron chi connectivity index (χ4n) is 1.70. The third-order valence-electron chi connectivity index (χ3n) is 2.75. The van der Waals surface area contributed by atoms with Crippen molar-refractivity contribution in [2.24, 2.45) is 5.11 Å². The van der Waals surface area contributed by atoms with E-state index >= 15 is 0 Å². The van der Waals surface area contributed by atoms with E-state index in [1.165, 1.54) is 0 Å². The maximum Gasteiger partial charge on any atom is 0.417 e. The molecule has 0 aliphatic rings. The number of azide groups is 1. The molecule has 5 nitrogen and oxygen atoms in total. The number of nitrogens with one attached hydrogen (secondary N) is 1. The van der Waals surface area contributed by atoms with Crippen molar-refractivity contribution in [2.45, 2.75) is 25.6 Å². The van der Waals surface area contributed by atoms with Gasteiger partial charge >= 0.3 is 6.18 Å². The van der Waals surface area contributed by atoms with Crippen molar-refractivity contribution < 1.29 is 13.2 Å². The number of nitrogens with zero attached hydrogens (tertiary/aromatic N) is 4. The summed E-state index contributed by atoms with van der Waals surface area (Å²) in [4.78, 5) is 9.53. The fourth-order valence-corrected chi connectivity index (χ4v) is 1.96. The van der Waals surface area contributed by atoms with E-state index in [9.17, 15) is 13.2 Å². The van der Waals surface area contributed by atoms with Crippen LogP contribution in [0.2, 0.25) is 5.02 Å². The number of hydrogen-bond acceptors (Lipinski definition) is 2. The molecule has 0 saturated carbocycles. The molecule has 1 aromatic carbocycles. The van der Waals surface area contributed by atoms with E-state index in [0.717, 1.165) is 12.1 Å². The third kappa shape index (κ3) is 2.52. The van der Waals surface area contributed by atoms with Crippen LogP contribution < -0.4 is 0 Å². The van der Waals surface area contributed by atoms with Crippen LogP contribution in [0.4, 0.5) is 13.2 Å². The van der Waals surface area contributed by atoms with Crippen LogP contribution in [-0.4, -0.2) is 9.97 Å². The van der Waals surface area contributed by atoms with E-state index in [4.69, 9.17) is 17.1 Å². The Morgan fingerprint density at radius 1 is 1.35 bits per heavy atom. The molecule has 2 aromatic rings. The van der Waals surface area contributed by atoms with Crippen LogP contribution >= 0.6 is 11.6 Å². The standard InChI is InChI=1S/C11H9ClF3N5/c1-10(2,19-20-16)9-17-7-3-5(11(13,14)15)6(12)4-8(7)18-9/h3-4H,1-2H3,(H,17,18). The highest BCUT2D eigenvalue weighted by Crippen LogP contribution is 2.37. The summed E-state index contributed by atoms with van der Waals surface area (Å²) in [7, 11) is 0. The second kappa shape index (κ2) is 4.57. The Balaban J connectivity index is 2.64. The average molecular weight is 304 g/mol. The minimum atomic E-state index is -4.54. The smallest absolute Gasteiger partial charge is 0.341 e. The Kier molecular flexibility index (Phi) is 3.31. The van der Waals surface area contributed by atoms with Gasteiger partial charge in [0.1, 0.15) is 11.4 Å². The minimum absolute atomic E-state index is 0.179. The van der Waals surface area contributed by atoms with Gasteiger partial charge in [0.25, 0.3) is 0 Å². The highest BCUT2D eigenvalue weighted by atomic mass is 35.5. The average Bonchev–Trinajstić information content (AvgIpc) is 2.69. The summed E-state index contributed by atoms with van der Waals surface area (Å²) in [6.45, 7) is 3.19. The van der Waals surface area contributed by atoms with Crippen LogP contribution in [-0.2, 0) is 11.7 Å². The number of halogens is 4. The lowest BCUT2D eigenvalue weighted by molar-refractivity contribution is -0.137. The molecule has 0 amide bonds. The lowest BCUT2D eigenvalue weighted by Crippen LogP contribution is -2.14. The van der Waals surface area contributed by atoms with Gasteiger partial charge in [0.05, 0.1) is 21.6 Å². The van der Waals surface area contributed by atoms with Crippen LogP contribution in [0.3, 0.4) is 0 Å². The highest BCUT2D eigenvalue weighted by molar-refractivity contribution is 6.32. The van der Waals surface area contributed by atoms with Gasteiger partial charge in [-0.2, -0.15) is 13.2 Å². The van der Waals surface area contributed by atoms with E-state index in [-0.39, 0.29) is 16.9 Å². The molecule has 0 fully saturated rings. The summed E-state index contributed by atoms with van der Waals surface area (Å²) in [5, 5.41) is 3.12. The molecule has 0 unspecified atom stereocenters. The number of benzene rings is 1. The van der Waals surface area contributed by atoms with Gasteiger partial charge in [0.2, 0.25) is 0 Å². The Bertz CT molecular complexity index is 713. The molecule has 106 valence electrons. The van der Waals surface area contributed by atoms with Crippen LogP contribution in [0.5, 0.6) is 0 Å². The molecule has 1 heterocycles. The monoisotopic (exact) mass is 303 g/mol. The molecule has 0 radical (unpaired) electrons. The van der Waals surface area contributed by atoms with Crippen molar-refractivity contribution >= 4 is 22.6 Å². The largest absolute Gasteiger partial charge is 0.417 e. The van der Waals surface area contributed by atoms with E-state index < -0.39 is 22.3 Å².